The first kappa shape index (κ1) is 14.6. The largest absolute Gasteiger partial charge is 0.317 e. The summed E-state index contributed by atoms with van der Waals surface area (Å²) in [5.74, 6) is 5.48. The minimum Gasteiger partial charge on any atom is -0.317 e. The van der Waals surface area contributed by atoms with E-state index in [2.05, 4.69) is 33.7 Å². The van der Waals surface area contributed by atoms with Crippen molar-refractivity contribution in [1.29, 1.82) is 0 Å². The van der Waals surface area contributed by atoms with Crippen molar-refractivity contribution in [1.82, 2.24) is 10.2 Å². The third kappa shape index (κ3) is 3.84. The molecule has 3 rings (SSSR count). The topological polar surface area (TPSA) is 15.3 Å². The van der Waals surface area contributed by atoms with Crippen LogP contribution in [0.25, 0.3) is 0 Å². The number of rotatable bonds is 1. The highest BCUT2D eigenvalue weighted by molar-refractivity contribution is 8.03. The van der Waals surface area contributed by atoms with Gasteiger partial charge < -0.3 is 5.32 Å². The molecule has 110 valence electrons. The normalized spacial score (nSPS) is 30.9. The molecule has 3 aliphatic rings. The highest BCUT2D eigenvalue weighted by atomic mass is 32.2. The predicted molar refractivity (Wildman–Crippen MR) is 88.4 cm³/mol. The molecule has 19 heavy (non-hydrogen) atoms. The van der Waals surface area contributed by atoms with E-state index in [0.29, 0.717) is 5.41 Å². The molecule has 4 heteroatoms. The van der Waals surface area contributed by atoms with Gasteiger partial charge in [-0.1, -0.05) is 0 Å². The van der Waals surface area contributed by atoms with E-state index in [1.54, 1.807) is 0 Å². The van der Waals surface area contributed by atoms with Crippen LogP contribution < -0.4 is 5.32 Å². The Balaban J connectivity index is 1.57. The number of hydrogen-bond acceptors (Lipinski definition) is 4. The summed E-state index contributed by atoms with van der Waals surface area (Å²) in [6.45, 7) is 5.25. The van der Waals surface area contributed by atoms with Gasteiger partial charge in [0.1, 0.15) is 0 Å². The van der Waals surface area contributed by atoms with Crippen molar-refractivity contribution in [2.75, 3.05) is 49.2 Å². The van der Waals surface area contributed by atoms with E-state index in [1.165, 1.54) is 81.3 Å². The first-order chi connectivity index (χ1) is 9.38. The van der Waals surface area contributed by atoms with E-state index in [0.717, 1.165) is 6.04 Å². The summed E-state index contributed by atoms with van der Waals surface area (Å²) in [4.78, 5) is 2.84. The monoisotopic (exact) mass is 300 g/mol. The molecule has 1 spiro atoms. The summed E-state index contributed by atoms with van der Waals surface area (Å²) in [5.41, 5.74) is 0.699. The van der Waals surface area contributed by atoms with E-state index in [4.69, 9.17) is 0 Å². The summed E-state index contributed by atoms with van der Waals surface area (Å²) >= 11 is 4.36. The Morgan fingerprint density at radius 1 is 0.895 bits per heavy atom. The molecule has 2 nitrogen and oxygen atoms in total. The van der Waals surface area contributed by atoms with Crippen molar-refractivity contribution >= 4 is 23.5 Å². The second-order valence-electron chi connectivity index (χ2n) is 6.44. The molecule has 0 amide bonds. The first-order valence-corrected chi connectivity index (χ1v) is 10.3. The van der Waals surface area contributed by atoms with Gasteiger partial charge in [-0.25, -0.2) is 0 Å². The zero-order valence-corrected chi connectivity index (χ0v) is 13.7. The van der Waals surface area contributed by atoms with Crippen molar-refractivity contribution < 1.29 is 0 Å². The maximum atomic E-state index is 3.54. The van der Waals surface area contributed by atoms with Gasteiger partial charge in [-0.3, -0.25) is 4.90 Å². The van der Waals surface area contributed by atoms with Crippen LogP contribution in [-0.4, -0.2) is 60.1 Å². The number of nitrogens with zero attached hydrogens (tertiary/aromatic N) is 1. The van der Waals surface area contributed by atoms with Crippen LogP contribution in [0.5, 0.6) is 0 Å². The standard InChI is InChI=1S/C15H28N2S2/c1-2-15(3-6-16-7-4-15)5-9-17(8-1)14-12-18-10-11-19-13-14/h14,16H,1-13H2. The minimum absolute atomic E-state index is 0.699. The number of hydrogen-bond donors (Lipinski definition) is 1. The van der Waals surface area contributed by atoms with Crippen LogP contribution in [0.1, 0.15) is 32.1 Å². The summed E-state index contributed by atoms with van der Waals surface area (Å²) in [6.07, 6.45) is 7.23. The van der Waals surface area contributed by atoms with Gasteiger partial charge >= 0.3 is 0 Å². The molecule has 3 saturated heterocycles. The van der Waals surface area contributed by atoms with Gasteiger partial charge in [0.2, 0.25) is 0 Å². The molecular formula is C15H28N2S2. The number of thioether (sulfide) groups is 2. The Bertz CT molecular complexity index is 271. The summed E-state index contributed by atoms with van der Waals surface area (Å²) in [7, 11) is 0. The van der Waals surface area contributed by atoms with Crippen LogP contribution >= 0.6 is 23.5 Å². The van der Waals surface area contributed by atoms with Crippen LogP contribution in [0.3, 0.4) is 0 Å². The molecule has 0 aromatic heterocycles. The van der Waals surface area contributed by atoms with Gasteiger partial charge in [-0.2, -0.15) is 23.5 Å². The minimum atomic E-state index is 0.699. The van der Waals surface area contributed by atoms with E-state index in [9.17, 15) is 0 Å². The van der Waals surface area contributed by atoms with Gasteiger partial charge in [0.05, 0.1) is 0 Å². The third-order valence-corrected chi connectivity index (χ3v) is 7.74. The number of piperidine rings is 1. The van der Waals surface area contributed by atoms with E-state index in [1.807, 2.05) is 0 Å². The van der Waals surface area contributed by atoms with Crippen LogP contribution in [0.4, 0.5) is 0 Å². The summed E-state index contributed by atoms with van der Waals surface area (Å²) in [6, 6.07) is 0.856. The molecule has 0 aromatic rings. The molecule has 0 bridgehead atoms. The smallest absolute Gasteiger partial charge is 0.0276 e. The van der Waals surface area contributed by atoms with Gasteiger partial charge in [0.15, 0.2) is 0 Å². The van der Waals surface area contributed by atoms with Gasteiger partial charge in [0.25, 0.3) is 0 Å². The summed E-state index contributed by atoms with van der Waals surface area (Å²) in [5, 5.41) is 3.54. The van der Waals surface area contributed by atoms with Crippen molar-refractivity contribution in [3.8, 4) is 0 Å². The fraction of sp³-hybridized carbons (Fsp3) is 1.00. The van der Waals surface area contributed by atoms with Crippen LogP contribution in [-0.2, 0) is 0 Å². The maximum absolute atomic E-state index is 3.54. The molecule has 0 radical (unpaired) electrons. The van der Waals surface area contributed by atoms with E-state index in [-0.39, 0.29) is 0 Å². The van der Waals surface area contributed by atoms with Crippen molar-refractivity contribution in [2.45, 2.75) is 38.1 Å². The Kier molecular flexibility index (Phi) is 5.41. The van der Waals surface area contributed by atoms with Crippen molar-refractivity contribution in [3.05, 3.63) is 0 Å². The molecule has 3 fully saturated rings. The molecular weight excluding hydrogens is 272 g/mol. The SMILES string of the molecule is C1CN(C2CSCCSC2)CCC2(C1)CCNCC2. The Labute approximate surface area is 126 Å². The maximum Gasteiger partial charge on any atom is 0.0276 e. The number of likely N-dealkylation sites (tertiary alicyclic amines) is 1. The number of nitrogens with one attached hydrogen (secondary N) is 1. The van der Waals surface area contributed by atoms with Crippen LogP contribution in [0.2, 0.25) is 0 Å². The second kappa shape index (κ2) is 7.06. The quantitative estimate of drug-likeness (QED) is 0.800. The predicted octanol–water partition coefficient (Wildman–Crippen LogP) is 2.69. The average Bonchev–Trinajstić information content (AvgIpc) is 2.81. The highest BCUT2D eigenvalue weighted by Crippen LogP contribution is 2.40. The van der Waals surface area contributed by atoms with Gasteiger partial charge in [-0.05, 0) is 63.7 Å². The zero-order valence-electron chi connectivity index (χ0n) is 12.0. The molecule has 0 aliphatic carbocycles. The molecule has 3 aliphatic heterocycles. The lowest BCUT2D eigenvalue weighted by Crippen LogP contribution is -2.41. The van der Waals surface area contributed by atoms with E-state index >= 15 is 0 Å². The molecule has 0 atom stereocenters. The lowest BCUT2D eigenvalue weighted by Gasteiger charge is -2.37. The Hall–Kier alpha value is 0.620. The molecule has 1 N–H and O–H groups in total. The van der Waals surface area contributed by atoms with Gasteiger partial charge in [0, 0.05) is 29.1 Å². The molecule has 0 saturated carbocycles. The average molecular weight is 301 g/mol. The van der Waals surface area contributed by atoms with Crippen LogP contribution in [0.15, 0.2) is 0 Å². The van der Waals surface area contributed by atoms with Crippen molar-refractivity contribution in [3.63, 3.8) is 0 Å². The van der Waals surface area contributed by atoms with E-state index < -0.39 is 0 Å². The second-order valence-corrected chi connectivity index (χ2v) is 8.74. The highest BCUT2D eigenvalue weighted by Gasteiger charge is 2.35. The Morgan fingerprint density at radius 2 is 1.63 bits per heavy atom. The van der Waals surface area contributed by atoms with Gasteiger partial charge in [-0.15, -0.1) is 0 Å². The zero-order chi connectivity index (χ0) is 13.0. The first-order valence-electron chi connectivity index (χ1n) is 7.98. The lowest BCUT2D eigenvalue weighted by atomic mass is 9.73. The fourth-order valence-electron chi connectivity index (χ4n) is 3.91. The summed E-state index contributed by atoms with van der Waals surface area (Å²) < 4.78 is 0. The third-order valence-electron chi connectivity index (χ3n) is 5.25. The molecule has 0 unspecified atom stereocenters. The van der Waals surface area contributed by atoms with Crippen LogP contribution in [0, 0.1) is 5.41 Å². The lowest BCUT2D eigenvalue weighted by molar-refractivity contribution is 0.162. The molecule has 3 heterocycles. The fourth-order valence-corrected chi connectivity index (χ4v) is 6.54. The Morgan fingerprint density at radius 3 is 2.37 bits per heavy atom. The molecule has 0 aromatic carbocycles. The van der Waals surface area contributed by atoms with Crippen molar-refractivity contribution in [2.24, 2.45) is 5.41 Å².